The van der Waals surface area contributed by atoms with Gasteiger partial charge < -0.3 is 42.2 Å². The van der Waals surface area contributed by atoms with Crippen LogP contribution in [-0.2, 0) is 27.2 Å². The highest BCUT2D eigenvalue weighted by Crippen LogP contribution is 2.49. The topological polar surface area (TPSA) is 248 Å². The van der Waals surface area contributed by atoms with Gasteiger partial charge in [0.2, 0.25) is 0 Å². The van der Waals surface area contributed by atoms with E-state index in [0.29, 0.717) is 46.5 Å². The van der Waals surface area contributed by atoms with Crippen LogP contribution in [0.3, 0.4) is 0 Å². The van der Waals surface area contributed by atoms with Crippen LogP contribution < -0.4 is 32.3 Å². The SMILES string of the molecule is COC(=O)CC1(CC(F)(F)F)CCc2cc(-c3cnc(Nc4cccc(Cl)c4)s3)ccc2C1=O.Clc1cccc(Nc2ncc(Br)s2)c1.Clc1cccc(Nc2nccs2)c1.NC(=S)Nc1cccc(Cl)c1.O=C(O)CC1(CC(F)(F)F)CCc2cc(-c3cnc(Nc4cccc(Cl)c4)s3)ccc2C1=O.S=C=Nc1cccc(Cl)c1. The number of esters is 1. The molecule has 0 spiro atoms. The second-order valence-corrected chi connectivity index (χ2v) is 33.6. The standard InChI is InChI=1S/C24H20ClF3N2O3S.C23H18ClF3N2O3S.C9H6BrClN2S.C9H7ClN2S.C7H7ClN2S.C7H4ClNS/c1-33-20(31)11-23(13-24(26,27)28)8-7-14-9-15(5-6-18(14)21(23)32)19-12-29-22(34-19)30-17-4-2-3-16(25)10-17;24-15-2-1-3-16(9-15)29-21-28-11-18(33-21)14-4-5-17-13(8-14)6-7-22(20(17)32,10-19(30)31)12-23(25,26)27;10-8-5-12-9(14-8)13-7-3-1-2-6(11)4-7;10-7-2-1-3-8(6-7)12-9-11-4-5-13-9;8-5-2-1-3-6(4-5)10-7(9)11;8-6-2-1-3-7(4-6)9-5-10/h2-6,9-10,12H,7-8,11,13H2,1H3,(H,29,30);1-5,8-9,11H,6-7,10,12H2,(H,28,29)(H,30,31);1-5H,(H,12,13);1-6H,(H,11,12);1-4H,(H3,9,10,11);1-4H. The van der Waals surface area contributed by atoms with Crippen molar-refractivity contribution in [3.63, 3.8) is 0 Å². The number of Topliss-reactive ketones (excluding diaryl/α,β-unsaturated/α-hetero) is 2. The first-order valence-electron chi connectivity index (χ1n) is 33.7. The Kier molecular flexibility index (Phi) is 33.1. The van der Waals surface area contributed by atoms with Gasteiger partial charge in [0.25, 0.3) is 0 Å². The molecule has 4 heterocycles. The molecule has 2 atom stereocenters. The van der Waals surface area contributed by atoms with Crippen LogP contribution >= 0.6 is 155 Å². The summed E-state index contributed by atoms with van der Waals surface area (Å²) in [5, 5.41) is 35.9. The van der Waals surface area contributed by atoms with Gasteiger partial charge in [0.05, 0.1) is 74.2 Å². The Hall–Kier alpha value is -8.95. The molecule has 8 aromatic carbocycles. The van der Waals surface area contributed by atoms with E-state index < -0.39 is 72.4 Å². The number of nitrogens with one attached hydrogen (secondary N) is 5. The summed E-state index contributed by atoms with van der Waals surface area (Å²) in [5.41, 5.74) is 9.66. The molecule has 0 aliphatic heterocycles. The minimum absolute atomic E-state index is 0.0822. The van der Waals surface area contributed by atoms with Gasteiger partial charge in [0.1, 0.15) is 0 Å². The second-order valence-electron chi connectivity index (χ2n) is 25.0. The van der Waals surface area contributed by atoms with Crippen LogP contribution in [0, 0.1) is 10.8 Å². The molecule has 0 fully saturated rings. The summed E-state index contributed by atoms with van der Waals surface area (Å²) < 4.78 is 85.1. The number of carboxylic acids is 1. The smallest absolute Gasteiger partial charge is 0.390 e. The number of rotatable bonds is 18. The molecule has 17 nitrogen and oxygen atoms in total. The summed E-state index contributed by atoms with van der Waals surface area (Å²) in [6.45, 7) is 0. The van der Waals surface area contributed by atoms with Crippen molar-refractivity contribution in [1.29, 1.82) is 0 Å². The number of carboxylic acid groups (broad SMARTS) is 1. The highest BCUT2D eigenvalue weighted by molar-refractivity contribution is 9.11. The summed E-state index contributed by atoms with van der Waals surface area (Å²) in [6, 6.07) is 53.8. The molecule has 12 aromatic rings. The molecule has 4 aromatic heterocycles. The predicted molar refractivity (Wildman–Crippen MR) is 464 cm³/mol. The molecular formula is C79H62BrCl6F6N11O6S6. The quantitative estimate of drug-likeness (QED) is 0.0183. The summed E-state index contributed by atoms with van der Waals surface area (Å²) in [4.78, 5) is 71.8. The molecule has 2 unspecified atom stereocenters. The van der Waals surface area contributed by atoms with Gasteiger partial charge in [-0.2, -0.15) is 31.3 Å². The molecule has 14 rings (SSSR count). The number of ketones is 2. The number of isothiocyanates is 1. The van der Waals surface area contributed by atoms with Gasteiger partial charge in [0.15, 0.2) is 37.2 Å². The fraction of sp³-hybridized carbons (Fsp3) is 0.165. The number of nitrogens with zero attached hydrogens (tertiary/aromatic N) is 5. The highest BCUT2D eigenvalue weighted by atomic mass is 79.9. The van der Waals surface area contributed by atoms with E-state index in [4.69, 9.17) is 75.3 Å². The van der Waals surface area contributed by atoms with Crippen molar-refractivity contribution in [2.24, 2.45) is 21.6 Å². The van der Waals surface area contributed by atoms with E-state index in [1.54, 1.807) is 115 Å². The van der Waals surface area contributed by atoms with Gasteiger partial charge in [-0.25, -0.2) is 19.9 Å². The number of carbonyl (C=O) groups excluding carboxylic acids is 3. The van der Waals surface area contributed by atoms with Crippen molar-refractivity contribution in [3.8, 4) is 20.9 Å². The van der Waals surface area contributed by atoms with Crippen LogP contribution in [0.4, 0.5) is 81.0 Å². The molecule has 115 heavy (non-hydrogen) atoms. The number of aryl methyl sites for hydroxylation is 2. The van der Waals surface area contributed by atoms with Crippen molar-refractivity contribution >= 4 is 244 Å². The van der Waals surface area contributed by atoms with Gasteiger partial charge in [-0.05, 0) is 210 Å². The van der Waals surface area contributed by atoms with E-state index in [1.165, 1.54) is 40.1 Å². The molecule has 36 heteroatoms. The minimum Gasteiger partial charge on any atom is -0.481 e. The van der Waals surface area contributed by atoms with Crippen molar-refractivity contribution in [2.45, 2.75) is 63.7 Å². The summed E-state index contributed by atoms with van der Waals surface area (Å²) in [5.74, 6) is -3.68. The first-order chi connectivity index (χ1) is 54.7. The Morgan fingerprint density at radius 2 is 0.948 bits per heavy atom. The van der Waals surface area contributed by atoms with Crippen LogP contribution in [0.5, 0.6) is 0 Å². The van der Waals surface area contributed by atoms with E-state index in [1.807, 2.05) is 102 Å². The molecular weight excluding hydrogens is 1800 g/mol. The Balaban J connectivity index is 0.000000170. The number of aliphatic imine (C=N–C) groups is 1. The number of methoxy groups -OCH3 is 1. The van der Waals surface area contributed by atoms with E-state index in [0.717, 1.165) is 81.2 Å². The van der Waals surface area contributed by atoms with Gasteiger partial charge in [0, 0.05) is 93.7 Å². The van der Waals surface area contributed by atoms with Crippen molar-refractivity contribution < 1.29 is 55.4 Å². The molecule has 596 valence electrons. The Morgan fingerprint density at radius 1 is 0.557 bits per heavy atom. The Labute approximate surface area is 720 Å². The Bertz CT molecular complexity index is 5450. The maximum Gasteiger partial charge on any atom is 0.390 e. The van der Waals surface area contributed by atoms with Gasteiger partial charge >= 0.3 is 24.3 Å². The molecule has 0 radical (unpaired) electrons. The molecule has 2 aliphatic carbocycles. The average Bonchev–Trinajstić information content (AvgIpc) is 1.20. The number of benzene rings is 8. The summed E-state index contributed by atoms with van der Waals surface area (Å²) in [7, 11) is 1.10. The van der Waals surface area contributed by atoms with Crippen LogP contribution in [0.15, 0.2) is 221 Å². The molecule has 0 amide bonds. The van der Waals surface area contributed by atoms with E-state index in [-0.39, 0.29) is 41.9 Å². The van der Waals surface area contributed by atoms with E-state index in [2.05, 4.69) is 102 Å². The molecule has 8 N–H and O–H groups in total. The van der Waals surface area contributed by atoms with Gasteiger partial charge in [-0.3, -0.25) is 19.2 Å². The van der Waals surface area contributed by atoms with Crippen LogP contribution in [0.2, 0.25) is 30.1 Å². The lowest BCUT2D eigenvalue weighted by atomic mass is 9.66. The molecule has 0 bridgehead atoms. The number of thiocarbonyl (C=S) groups is 2. The maximum atomic E-state index is 13.3. The summed E-state index contributed by atoms with van der Waals surface area (Å²) >= 11 is 53.3. The van der Waals surface area contributed by atoms with Gasteiger partial charge in [-0.15, -0.1) is 11.3 Å². The number of thiazole rings is 4. The van der Waals surface area contributed by atoms with Gasteiger partial charge in [-0.1, -0.05) is 164 Å². The van der Waals surface area contributed by atoms with Crippen molar-refractivity contribution in [2.75, 3.05) is 33.7 Å². The zero-order valence-corrected chi connectivity index (χ0v) is 70.5. The zero-order chi connectivity index (χ0) is 83.0. The van der Waals surface area contributed by atoms with Crippen molar-refractivity contribution in [1.82, 2.24) is 19.9 Å². The number of nitrogens with two attached hydrogens (primary N) is 1. The number of halogens is 13. The lowest BCUT2D eigenvalue weighted by Crippen LogP contribution is -2.41. The highest BCUT2D eigenvalue weighted by Gasteiger charge is 2.52. The third-order valence-corrected chi connectivity index (χ3v) is 22.2. The number of anilines is 9. The van der Waals surface area contributed by atoms with Crippen LogP contribution in [-0.4, -0.2) is 78.3 Å². The fourth-order valence-electron chi connectivity index (χ4n) is 11.7. The number of hydrogen-bond donors (Lipinski definition) is 7. The number of ether oxygens (including phenoxy) is 1. The lowest BCUT2D eigenvalue weighted by Gasteiger charge is -2.36. The monoisotopic (exact) mass is 1860 g/mol. The molecule has 2 aliphatic rings. The third-order valence-electron chi connectivity index (χ3n) is 16.6. The number of carbonyl (C=O) groups is 4. The first kappa shape index (κ1) is 90.0. The number of fused-ring (bicyclic) bond motifs is 2. The normalized spacial score (nSPS) is 14.5. The third kappa shape index (κ3) is 28.4. The van der Waals surface area contributed by atoms with Crippen molar-refractivity contribution in [3.05, 3.63) is 268 Å². The maximum absolute atomic E-state index is 13.3. The average molecular weight is 1860 g/mol. The van der Waals surface area contributed by atoms with E-state index >= 15 is 0 Å². The zero-order valence-electron chi connectivity index (χ0n) is 59.5. The van der Waals surface area contributed by atoms with Crippen LogP contribution in [0.25, 0.3) is 20.9 Å². The number of hydrogen-bond acceptors (Lipinski definition) is 20. The second kappa shape index (κ2) is 42.3. The fourth-order valence-corrected chi connectivity index (χ4v) is 16.4. The predicted octanol–water partition coefficient (Wildman–Crippen LogP) is 26.5. The van der Waals surface area contributed by atoms with E-state index in [9.17, 15) is 50.6 Å². The minimum atomic E-state index is -4.64. The largest absolute Gasteiger partial charge is 0.481 e. The first-order valence-corrected chi connectivity index (χ1v) is 40.9. The molecule has 0 saturated heterocycles. The number of aromatic nitrogens is 4. The number of aliphatic carboxylic acids is 1. The van der Waals surface area contributed by atoms with Crippen LogP contribution in [0.1, 0.15) is 70.4 Å². The summed E-state index contributed by atoms with van der Waals surface area (Å²) in [6.07, 6.45) is -6.42. The Morgan fingerprint density at radius 3 is 1.31 bits per heavy atom. The molecule has 0 saturated carbocycles. The number of alkyl halides is 6. The lowest BCUT2D eigenvalue weighted by molar-refractivity contribution is -0.162.